The second-order valence-electron chi connectivity index (χ2n) is 5.16. The van der Waals surface area contributed by atoms with Crippen molar-refractivity contribution in [2.45, 2.75) is 25.1 Å². The van der Waals surface area contributed by atoms with Crippen molar-refractivity contribution in [1.29, 1.82) is 0 Å². The minimum Gasteiger partial charge on any atom is -0.367 e. The first kappa shape index (κ1) is 15.0. The van der Waals surface area contributed by atoms with Crippen LogP contribution in [0.15, 0.2) is 18.2 Å². The van der Waals surface area contributed by atoms with Crippen molar-refractivity contribution >= 4 is 5.69 Å². The molecule has 1 fully saturated rings. The summed E-state index contributed by atoms with van der Waals surface area (Å²) in [6.45, 7) is 0.238. The Morgan fingerprint density at radius 2 is 1.90 bits per heavy atom. The van der Waals surface area contributed by atoms with E-state index in [1.165, 1.54) is 17.0 Å². The quantitative estimate of drug-likeness (QED) is 0.849. The molecule has 1 aliphatic rings. The maximum absolute atomic E-state index is 13.7. The zero-order valence-corrected chi connectivity index (χ0v) is 10.6. The molecule has 1 saturated heterocycles. The Kier molecular flexibility index (Phi) is 4.17. The van der Waals surface area contributed by atoms with Crippen LogP contribution in [0.25, 0.3) is 0 Å². The SMILES string of the molecule is NC1CC(CC(F)(F)F)CN(c2cccc(F)c2F)C1. The molecule has 0 aromatic heterocycles. The summed E-state index contributed by atoms with van der Waals surface area (Å²) >= 11 is 0. The van der Waals surface area contributed by atoms with Crippen LogP contribution in [0.4, 0.5) is 27.6 Å². The Hall–Kier alpha value is -1.37. The van der Waals surface area contributed by atoms with Gasteiger partial charge in [-0.1, -0.05) is 6.07 Å². The third-order valence-electron chi connectivity index (χ3n) is 3.36. The molecule has 20 heavy (non-hydrogen) atoms. The molecule has 0 aliphatic carbocycles. The van der Waals surface area contributed by atoms with E-state index in [1.54, 1.807) is 0 Å². The van der Waals surface area contributed by atoms with Crippen LogP contribution in [0.2, 0.25) is 0 Å². The lowest BCUT2D eigenvalue weighted by Gasteiger charge is -2.38. The van der Waals surface area contributed by atoms with Crippen LogP contribution in [0.3, 0.4) is 0 Å². The zero-order valence-electron chi connectivity index (χ0n) is 10.6. The van der Waals surface area contributed by atoms with Crippen LogP contribution >= 0.6 is 0 Å². The van der Waals surface area contributed by atoms with Gasteiger partial charge in [0.1, 0.15) is 0 Å². The lowest BCUT2D eigenvalue weighted by atomic mass is 9.91. The van der Waals surface area contributed by atoms with Crippen LogP contribution in [-0.4, -0.2) is 25.3 Å². The van der Waals surface area contributed by atoms with Crippen molar-refractivity contribution in [3.8, 4) is 0 Å². The van der Waals surface area contributed by atoms with Crippen molar-refractivity contribution in [2.24, 2.45) is 11.7 Å². The van der Waals surface area contributed by atoms with Gasteiger partial charge in [0.15, 0.2) is 11.6 Å². The number of nitrogens with two attached hydrogens (primary N) is 1. The molecule has 0 bridgehead atoms. The largest absolute Gasteiger partial charge is 0.389 e. The van der Waals surface area contributed by atoms with Gasteiger partial charge >= 0.3 is 6.18 Å². The number of hydrogen-bond acceptors (Lipinski definition) is 2. The van der Waals surface area contributed by atoms with E-state index in [0.717, 1.165) is 6.07 Å². The fourth-order valence-electron chi connectivity index (χ4n) is 2.66. The predicted octanol–water partition coefficient (Wildman–Crippen LogP) is 3.07. The molecule has 1 aromatic carbocycles. The summed E-state index contributed by atoms with van der Waals surface area (Å²) in [5.74, 6) is -2.78. The van der Waals surface area contributed by atoms with Crippen LogP contribution in [0.5, 0.6) is 0 Å². The number of alkyl halides is 3. The van der Waals surface area contributed by atoms with E-state index in [9.17, 15) is 22.0 Å². The molecule has 7 heteroatoms. The lowest BCUT2D eigenvalue weighted by molar-refractivity contribution is -0.145. The second-order valence-corrected chi connectivity index (χ2v) is 5.16. The van der Waals surface area contributed by atoms with Gasteiger partial charge in [0.05, 0.1) is 5.69 Å². The highest BCUT2D eigenvalue weighted by molar-refractivity contribution is 5.48. The van der Waals surface area contributed by atoms with Crippen molar-refractivity contribution in [2.75, 3.05) is 18.0 Å². The van der Waals surface area contributed by atoms with Gasteiger partial charge in [-0.15, -0.1) is 0 Å². The summed E-state index contributed by atoms with van der Waals surface area (Å²) in [7, 11) is 0. The molecule has 2 atom stereocenters. The molecule has 1 aromatic rings. The standard InChI is InChI=1S/C13H15F5N2/c14-10-2-1-3-11(12(10)15)20-6-8(4-9(19)7-20)5-13(16,17)18/h1-3,8-9H,4-7,19H2. The molecular formula is C13H15F5N2. The molecule has 2 nitrogen and oxygen atoms in total. The van der Waals surface area contributed by atoms with Gasteiger partial charge in [0, 0.05) is 25.6 Å². The highest BCUT2D eigenvalue weighted by Crippen LogP contribution is 2.32. The minimum absolute atomic E-state index is 0.0214. The number of piperidine rings is 1. The highest BCUT2D eigenvalue weighted by atomic mass is 19.4. The molecule has 0 amide bonds. The molecule has 2 unspecified atom stereocenters. The first-order chi connectivity index (χ1) is 9.26. The predicted molar refractivity (Wildman–Crippen MR) is 65.3 cm³/mol. The van der Waals surface area contributed by atoms with Gasteiger partial charge < -0.3 is 10.6 Å². The Morgan fingerprint density at radius 1 is 1.20 bits per heavy atom. The molecule has 2 rings (SSSR count). The summed E-state index contributed by atoms with van der Waals surface area (Å²) in [5, 5.41) is 0. The van der Waals surface area contributed by atoms with E-state index >= 15 is 0 Å². The van der Waals surface area contributed by atoms with Gasteiger partial charge in [-0.3, -0.25) is 0 Å². The summed E-state index contributed by atoms with van der Waals surface area (Å²) in [6.07, 6.45) is -5.02. The van der Waals surface area contributed by atoms with Gasteiger partial charge in [0.2, 0.25) is 0 Å². The van der Waals surface area contributed by atoms with Crippen LogP contribution in [0.1, 0.15) is 12.8 Å². The van der Waals surface area contributed by atoms with Crippen molar-refractivity contribution in [3.63, 3.8) is 0 Å². The number of halogens is 5. The van der Waals surface area contributed by atoms with Gasteiger partial charge in [-0.05, 0) is 24.5 Å². The average Bonchev–Trinajstić information content (AvgIpc) is 2.29. The Labute approximate surface area is 113 Å². The first-order valence-electron chi connectivity index (χ1n) is 6.27. The first-order valence-corrected chi connectivity index (χ1v) is 6.27. The number of rotatable bonds is 2. The Balaban J connectivity index is 2.17. The molecule has 112 valence electrons. The zero-order chi connectivity index (χ0) is 14.9. The fourth-order valence-corrected chi connectivity index (χ4v) is 2.66. The number of anilines is 1. The van der Waals surface area contributed by atoms with E-state index in [-0.39, 0.29) is 25.2 Å². The molecule has 1 heterocycles. The molecule has 1 aliphatic heterocycles. The fraction of sp³-hybridized carbons (Fsp3) is 0.538. The topological polar surface area (TPSA) is 29.3 Å². The van der Waals surface area contributed by atoms with Crippen molar-refractivity contribution in [3.05, 3.63) is 29.8 Å². The second kappa shape index (κ2) is 5.55. The van der Waals surface area contributed by atoms with Crippen LogP contribution in [0, 0.1) is 17.6 Å². The Bertz CT molecular complexity index is 474. The molecule has 0 radical (unpaired) electrons. The third-order valence-corrected chi connectivity index (χ3v) is 3.36. The van der Waals surface area contributed by atoms with Crippen LogP contribution < -0.4 is 10.6 Å². The summed E-state index contributed by atoms with van der Waals surface area (Å²) < 4.78 is 64.2. The molecule has 0 saturated carbocycles. The molecule has 2 N–H and O–H groups in total. The summed E-state index contributed by atoms with van der Waals surface area (Å²) in [5.41, 5.74) is 5.70. The lowest BCUT2D eigenvalue weighted by Crippen LogP contribution is -2.48. The summed E-state index contributed by atoms with van der Waals surface area (Å²) in [6, 6.07) is 3.16. The average molecular weight is 294 g/mol. The Morgan fingerprint density at radius 3 is 2.55 bits per heavy atom. The van der Waals surface area contributed by atoms with Gasteiger partial charge in [-0.25, -0.2) is 8.78 Å². The van der Waals surface area contributed by atoms with Gasteiger partial charge in [0.25, 0.3) is 0 Å². The van der Waals surface area contributed by atoms with E-state index in [2.05, 4.69) is 0 Å². The normalized spacial score (nSPS) is 24.0. The molecular weight excluding hydrogens is 279 g/mol. The number of benzene rings is 1. The van der Waals surface area contributed by atoms with Crippen molar-refractivity contribution in [1.82, 2.24) is 0 Å². The minimum atomic E-state index is -4.28. The number of hydrogen-bond donors (Lipinski definition) is 1. The number of nitrogens with zero attached hydrogens (tertiary/aromatic N) is 1. The van der Waals surface area contributed by atoms with Crippen molar-refractivity contribution < 1.29 is 22.0 Å². The highest BCUT2D eigenvalue weighted by Gasteiger charge is 2.36. The third kappa shape index (κ3) is 3.59. The van der Waals surface area contributed by atoms with E-state index in [1.807, 2.05) is 0 Å². The maximum atomic E-state index is 13.7. The monoisotopic (exact) mass is 294 g/mol. The van der Waals surface area contributed by atoms with E-state index in [0.29, 0.717) is 0 Å². The molecule has 0 spiro atoms. The maximum Gasteiger partial charge on any atom is 0.389 e. The smallest absolute Gasteiger partial charge is 0.367 e. The van der Waals surface area contributed by atoms with Gasteiger partial charge in [-0.2, -0.15) is 13.2 Å². The summed E-state index contributed by atoms with van der Waals surface area (Å²) in [4.78, 5) is 1.39. The van der Waals surface area contributed by atoms with E-state index in [4.69, 9.17) is 5.73 Å². The van der Waals surface area contributed by atoms with E-state index < -0.39 is 36.2 Å². The van der Waals surface area contributed by atoms with Crippen LogP contribution in [-0.2, 0) is 0 Å².